The molecule has 10 heteroatoms. The fraction of sp³-hybridized carbons (Fsp3) is 0.0667. The second-order valence-corrected chi connectivity index (χ2v) is 6.72. The van der Waals surface area contributed by atoms with Crippen LogP contribution in [0.1, 0.15) is 5.01 Å². The van der Waals surface area contributed by atoms with E-state index in [-0.39, 0.29) is 11.0 Å². The Balaban J connectivity index is 1.73. The van der Waals surface area contributed by atoms with Crippen LogP contribution in [0.3, 0.4) is 0 Å². The Hall–Kier alpha value is -2.42. The number of hydrogen-bond donors (Lipinski definition) is 2. The zero-order valence-electron chi connectivity index (χ0n) is 12.8. The average molecular weight is 396 g/mol. The van der Waals surface area contributed by atoms with Crippen LogP contribution in [0.4, 0.5) is 21.2 Å². The first-order chi connectivity index (χ1) is 12.0. The summed E-state index contributed by atoms with van der Waals surface area (Å²) in [5.74, 6) is 0.160. The number of carbonyl (C=O) groups excluding carboxylic acids is 1. The van der Waals surface area contributed by atoms with Gasteiger partial charge in [0, 0.05) is 23.8 Å². The molecule has 1 amide bonds. The van der Waals surface area contributed by atoms with Crippen LogP contribution in [0.25, 0.3) is 0 Å². The van der Waals surface area contributed by atoms with Gasteiger partial charge < -0.3 is 10.1 Å². The molecule has 0 spiro atoms. The van der Waals surface area contributed by atoms with E-state index in [0.29, 0.717) is 21.5 Å². The van der Waals surface area contributed by atoms with Gasteiger partial charge in [-0.3, -0.25) is 5.32 Å². The number of anilines is 3. The third-order valence-corrected chi connectivity index (χ3v) is 4.13. The molecule has 0 aromatic carbocycles. The number of ether oxygens (including phenoxy) is 1. The number of amides is 1. The Morgan fingerprint density at radius 1 is 1.12 bits per heavy atom. The average Bonchev–Trinajstić information content (AvgIpc) is 2.86. The first-order valence-electron chi connectivity index (χ1n) is 6.96. The van der Waals surface area contributed by atoms with Crippen LogP contribution in [-0.2, 0) is 0 Å². The Bertz CT molecular complexity index is 918. The largest absolute Gasteiger partial charge is 0.418 e. The van der Waals surface area contributed by atoms with Gasteiger partial charge in [0.15, 0.2) is 5.00 Å². The minimum Gasteiger partial charge on any atom is -0.388 e. The number of rotatable bonds is 4. The molecule has 25 heavy (non-hydrogen) atoms. The molecule has 0 aliphatic rings. The van der Waals surface area contributed by atoms with E-state index in [4.69, 9.17) is 27.9 Å². The highest BCUT2D eigenvalue weighted by Crippen LogP contribution is 2.34. The summed E-state index contributed by atoms with van der Waals surface area (Å²) in [7, 11) is 0. The van der Waals surface area contributed by atoms with Crippen molar-refractivity contribution in [1.82, 2.24) is 15.0 Å². The number of hydrogen-bond acceptors (Lipinski definition) is 7. The zero-order valence-corrected chi connectivity index (χ0v) is 15.1. The second-order valence-electron chi connectivity index (χ2n) is 4.74. The molecule has 2 N–H and O–H groups in total. The van der Waals surface area contributed by atoms with Gasteiger partial charge in [0.1, 0.15) is 10.3 Å². The summed E-state index contributed by atoms with van der Waals surface area (Å²) >= 11 is 13.0. The minimum absolute atomic E-state index is 0.160. The molecule has 0 unspecified atom stereocenters. The van der Waals surface area contributed by atoms with Crippen LogP contribution in [-0.4, -0.2) is 21.0 Å². The van der Waals surface area contributed by atoms with E-state index in [0.717, 1.165) is 5.01 Å². The Morgan fingerprint density at radius 3 is 2.44 bits per heavy atom. The minimum atomic E-state index is -0.691. The van der Waals surface area contributed by atoms with E-state index < -0.39 is 6.09 Å². The third kappa shape index (κ3) is 4.79. The summed E-state index contributed by atoms with van der Waals surface area (Å²) < 4.78 is 5.29. The zero-order chi connectivity index (χ0) is 17.8. The van der Waals surface area contributed by atoms with Gasteiger partial charge in [-0.15, -0.1) is 0 Å². The molecule has 0 aliphatic carbocycles. The molecule has 0 bridgehead atoms. The molecule has 0 radical (unpaired) electrons. The molecule has 3 aromatic heterocycles. The van der Waals surface area contributed by atoms with E-state index in [1.54, 1.807) is 24.4 Å². The molecule has 3 aromatic rings. The molecule has 0 saturated carbocycles. The van der Waals surface area contributed by atoms with Crippen LogP contribution in [0.5, 0.6) is 5.88 Å². The SMILES string of the molecule is Cc1nc(OC(=O)Nc2ccnc(Cl)c2)c(Nc2ccnc(Cl)c2)s1. The van der Waals surface area contributed by atoms with E-state index >= 15 is 0 Å². The van der Waals surface area contributed by atoms with Crippen molar-refractivity contribution < 1.29 is 9.53 Å². The maximum Gasteiger partial charge on any atom is 0.418 e. The molecule has 0 fully saturated rings. The molecular formula is C15H11Cl2N5O2S. The number of nitrogens with zero attached hydrogens (tertiary/aromatic N) is 3. The van der Waals surface area contributed by atoms with Gasteiger partial charge in [-0.25, -0.2) is 19.7 Å². The van der Waals surface area contributed by atoms with Gasteiger partial charge in [0.2, 0.25) is 0 Å². The van der Waals surface area contributed by atoms with E-state index in [2.05, 4.69) is 25.6 Å². The molecule has 0 aliphatic heterocycles. The predicted molar refractivity (Wildman–Crippen MR) is 98.3 cm³/mol. The predicted octanol–water partition coefficient (Wildman–Crippen LogP) is 4.90. The highest BCUT2D eigenvalue weighted by atomic mass is 35.5. The first-order valence-corrected chi connectivity index (χ1v) is 8.53. The van der Waals surface area contributed by atoms with E-state index in [1.165, 1.54) is 23.6 Å². The van der Waals surface area contributed by atoms with Crippen molar-refractivity contribution in [3.05, 3.63) is 52.0 Å². The van der Waals surface area contributed by atoms with Crippen molar-refractivity contribution in [3.63, 3.8) is 0 Å². The molecule has 0 saturated heterocycles. The van der Waals surface area contributed by atoms with Gasteiger partial charge in [-0.2, -0.15) is 0 Å². The number of aromatic nitrogens is 3. The van der Waals surface area contributed by atoms with Crippen LogP contribution in [0, 0.1) is 6.92 Å². The molecule has 3 rings (SSSR count). The lowest BCUT2D eigenvalue weighted by molar-refractivity contribution is 0.214. The number of nitrogens with one attached hydrogen (secondary N) is 2. The topological polar surface area (TPSA) is 89.0 Å². The summed E-state index contributed by atoms with van der Waals surface area (Å²) in [6.07, 6.45) is 2.35. The maximum atomic E-state index is 12.1. The lowest BCUT2D eigenvalue weighted by atomic mass is 10.4. The van der Waals surface area contributed by atoms with E-state index in [9.17, 15) is 4.79 Å². The lowest BCUT2D eigenvalue weighted by Crippen LogP contribution is -2.17. The summed E-state index contributed by atoms with van der Waals surface area (Å²) in [6.45, 7) is 1.81. The summed E-state index contributed by atoms with van der Waals surface area (Å²) in [5.41, 5.74) is 1.17. The van der Waals surface area contributed by atoms with E-state index in [1.807, 2.05) is 6.92 Å². The smallest absolute Gasteiger partial charge is 0.388 e. The number of aryl methyl sites for hydroxylation is 1. The van der Waals surface area contributed by atoms with Gasteiger partial charge >= 0.3 is 6.09 Å². The van der Waals surface area contributed by atoms with Gasteiger partial charge in [-0.05, 0) is 31.2 Å². The monoisotopic (exact) mass is 395 g/mol. The summed E-state index contributed by atoms with van der Waals surface area (Å²) in [5, 5.41) is 7.59. The first kappa shape index (κ1) is 17.4. The van der Waals surface area contributed by atoms with Crippen molar-refractivity contribution in [2.45, 2.75) is 6.92 Å². The van der Waals surface area contributed by atoms with Crippen LogP contribution in [0.15, 0.2) is 36.7 Å². The van der Waals surface area contributed by atoms with Crippen molar-refractivity contribution in [1.29, 1.82) is 0 Å². The van der Waals surface area contributed by atoms with Crippen molar-refractivity contribution in [2.24, 2.45) is 0 Å². The van der Waals surface area contributed by atoms with Crippen LogP contribution < -0.4 is 15.4 Å². The molecule has 0 atom stereocenters. The number of pyridine rings is 2. The highest BCUT2D eigenvalue weighted by Gasteiger charge is 2.15. The molecular weight excluding hydrogens is 385 g/mol. The van der Waals surface area contributed by atoms with Gasteiger partial charge in [0.25, 0.3) is 5.88 Å². The quantitative estimate of drug-likeness (QED) is 0.610. The molecule has 128 valence electrons. The van der Waals surface area contributed by atoms with Gasteiger partial charge in [0.05, 0.1) is 5.01 Å². The number of carbonyl (C=O) groups is 1. The standard InChI is InChI=1S/C15H11Cl2N5O2S/c1-8-20-13(14(25-8)21-9-2-4-18-11(16)6-9)24-15(23)22-10-3-5-19-12(17)7-10/h2-7H,1H3,(H,18,21)(H,19,22,23). The molecule has 7 nitrogen and oxygen atoms in total. The number of thiazole rings is 1. The van der Waals surface area contributed by atoms with Gasteiger partial charge in [-0.1, -0.05) is 34.5 Å². The summed E-state index contributed by atoms with van der Waals surface area (Å²) in [4.78, 5) is 24.0. The van der Waals surface area contributed by atoms with Crippen LogP contribution >= 0.6 is 34.5 Å². The van der Waals surface area contributed by atoms with Crippen molar-refractivity contribution in [3.8, 4) is 5.88 Å². The highest BCUT2D eigenvalue weighted by molar-refractivity contribution is 7.16. The normalized spacial score (nSPS) is 10.4. The fourth-order valence-corrected chi connectivity index (χ4v) is 2.99. The van der Waals surface area contributed by atoms with Crippen molar-refractivity contribution >= 4 is 57.0 Å². The fourth-order valence-electron chi connectivity index (χ4n) is 1.88. The number of halogens is 2. The third-order valence-electron chi connectivity index (χ3n) is 2.85. The Morgan fingerprint density at radius 2 is 1.76 bits per heavy atom. The Labute approximate surface area is 157 Å². The lowest BCUT2D eigenvalue weighted by Gasteiger charge is -2.08. The van der Waals surface area contributed by atoms with Crippen LogP contribution in [0.2, 0.25) is 10.3 Å². The summed E-state index contributed by atoms with van der Waals surface area (Å²) in [6, 6.07) is 6.49. The molecule has 3 heterocycles. The second kappa shape index (κ2) is 7.64. The van der Waals surface area contributed by atoms with Crippen molar-refractivity contribution in [2.75, 3.05) is 10.6 Å². The maximum absolute atomic E-state index is 12.1. The Kier molecular flexibility index (Phi) is 5.32.